The van der Waals surface area contributed by atoms with E-state index in [2.05, 4.69) is 4.90 Å². The van der Waals surface area contributed by atoms with Crippen molar-refractivity contribution in [3.05, 3.63) is 35.1 Å². The number of halogens is 1. The van der Waals surface area contributed by atoms with Crippen molar-refractivity contribution >= 4 is 11.9 Å². The molecule has 3 aliphatic rings. The molecule has 27 heavy (non-hydrogen) atoms. The number of aliphatic carboxylic acids is 1. The number of likely N-dealkylation sites (tertiary alicyclic amines) is 2. The molecule has 0 aromatic heterocycles. The summed E-state index contributed by atoms with van der Waals surface area (Å²) in [5, 5.41) is 9.61. The highest BCUT2D eigenvalue weighted by Gasteiger charge is 2.51. The molecule has 1 saturated carbocycles. The van der Waals surface area contributed by atoms with E-state index in [0.717, 1.165) is 44.3 Å². The number of benzene rings is 1. The van der Waals surface area contributed by atoms with Crippen LogP contribution in [0.1, 0.15) is 43.2 Å². The Balaban J connectivity index is 1.41. The maximum Gasteiger partial charge on any atom is 0.326 e. The van der Waals surface area contributed by atoms with E-state index in [0.29, 0.717) is 25.1 Å². The van der Waals surface area contributed by atoms with Gasteiger partial charge in [0.2, 0.25) is 5.91 Å². The predicted octanol–water partition coefficient (Wildman–Crippen LogP) is 2.81. The zero-order valence-electron chi connectivity index (χ0n) is 15.8. The van der Waals surface area contributed by atoms with Crippen LogP contribution in [0.2, 0.25) is 0 Å². The van der Waals surface area contributed by atoms with Gasteiger partial charge in [-0.25, -0.2) is 9.18 Å². The Kier molecular flexibility index (Phi) is 4.70. The predicted molar refractivity (Wildman–Crippen MR) is 98.6 cm³/mol. The van der Waals surface area contributed by atoms with Crippen molar-refractivity contribution < 1.29 is 19.1 Å². The summed E-state index contributed by atoms with van der Waals surface area (Å²) in [6.07, 6.45) is 4.14. The van der Waals surface area contributed by atoms with E-state index in [1.165, 1.54) is 6.07 Å². The van der Waals surface area contributed by atoms with Gasteiger partial charge in [-0.3, -0.25) is 9.69 Å². The lowest BCUT2D eigenvalue weighted by molar-refractivity contribution is -0.148. The Morgan fingerprint density at radius 2 is 1.96 bits per heavy atom. The molecule has 2 saturated heterocycles. The summed E-state index contributed by atoms with van der Waals surface area (Å²) in [5.74, 6) is -0.955. The van der Waals surface area contributed by atoms with Gasteiger partial charge in [-0.2, -0.15) is 0 Å². The van der Waals surface area contributed by atoms with E-state index in [9.17, 15) is 19.1 Å². The molecule has 4 rings (SSSR count). The van der Waals surface area contributed by atoms with Gasteiger partial charge in [0.05, 0.1) is 0 Å². The number of hydrogen-bond donors (Lipinski definition) is 1. The molecule has 1 aromatic carbocycles. The standard InChI is InChI=1S/C21H27FN2O3/c1-14-16(3-2-4-17(14)22)12-23-9-7-21(8-10-23)11-18(20(26)27)24(13-21)19(25)15-5-6-15/h2-4,15,18H,5-13H2,1H3,(H,26,27). The SMILES string of the molecule is Cc1c(F)cccc1CN1CCC2(CC1)CC(C(=O)O)N(C(=O)C1CC1)C2. The molecule has 1 atom stereocenters. The molecule has 1 aromatic rings. The van der Waals surface area contributed by atoms with Gasteiger partial charge in [0.1, 0.15) is 11.9 Å². The molecule has 6 heteroatoms. The fourth-order valence-corrected chi connectivity index (χ4v) is 4.69. The third-order valence-electron chi connectivity index (χ3n) is 6.69. The molecule has 1 unspecified atom stereocenters. The minimum atomic E-state index is -0.876. The minimum absolute atomic E-state index is 0.0390. The molecular formula is C21H27FN2O3. The average Bonchev–Trinajstić information content (AvgIpc) is 3.42. The van der Waals surface area contributed by atoms with Crippen molar-refractivity contribution in [1.29, 1.82) is 0 Å². The van der Waals surface area contributed by atoms with Crippen LogP contribution in [0.4, 0.5) is 4.39 Å². The number of nitrogens with zero attached hydrogens (tertiary/aromatic N) is 2. The van der Waals surface area contributed by atoms with E-state index in [1.54, 1.807) is 11.0 Å². The number of amides is 1. The largest absolute Gasteiger partial charge is 0.480 e. The first-order chi connectivity index (χ1) is 12.9. The normalized spacial score (nSPS) is 25.1. The monoisotopic (exact) mass is 374 g/mol. The molecule has 5 nitrogen and oxygen atoms in total. The van der Waals surface area contributed by atoms with Crippen LogP contribution >= 0.6 is 0 Å². The Labute approximate surface area is 159 Å². The first kappa shape index (κ1) is 18.4. The first-order valence-electron chi connectivity index (χ1n) is 9.88. The third-order valence-corrected chi connectivity index (χ3v) is 6.69. The van der Waals surface area contributed by atoms with Crippen molar-refractivity contribution in [3.63, 3.8) is 0 Å². The van der Waals surface area contributed by atoms with Crippen LogP contribution in [-0.4, -0.2) is 52.5 Å². The number of piperidine rings is 1. The molecule has 3 fully saturated rings. The fourth-order valence-electron chi connectivity index (χ4n) is 4.69. The van der Waals surface area contributed by atoms with Gasteiger partial charge in [-0.05, 0) is 74.7 Å². The van der Waals surface area contributed by atoms with Crippen LogP contribution in [0.25, 0.3) is 0 Å². The molecule has 2 heterocycles. The molecule has 1 amide bonds. The number of carbonyl (C=O) groups is 2. The van der Waals surface area contributed by atoms with Gasteiger partial charge in [-0.15, -0.1) is 0 Å². The molecule has 0 bridgehead atoms. The van der Waals surface area contributed by atoms with Gasteiger partial charge >= 0.3 is 5.97 Å². The van der Waals surface area contributed by atoms with E-state index in [1.807, 2.05) is 13.0 Å². The number of carboxylic acid groups (broad SMARTS) is 1. The van der Waals surface area contributed by atoms with E-state index in [4.69, 9.17) is 0 Å². The fraction of sp³-hybridized carbons (Fsp3) is 0.619. The molecular weight excluding hydrogens is 347 g/mol. The number of rotatable bonds is 4. The van der Waals surface area contributed by atoms with E-state index in [-0.39, 0.29) is 23.1 Å². The Morgan fingerprint density at radius 1 is 1.26 bits per heavy atom. The summed E-state index contributed by atoms with van der Waals surface area (Å²) in [7, 11) is 0. The van der Waals surface area contributed by atoms with Gasteiger partial charge < -0.3 is 10.0 Å². The Bertz CT molecular complexity index is 754. The van der Waals surface area contributed by atoms with Crippen LogP contribution < -0.4 is 0 Å². The number of carbonyl (C=O) groups excluding carboxylic acids is 1. The molecule has 0 radical (unpaired) electrons. The molecule has 1 spiro atoms. The lowest BCUT2D eigenvalue weighted by Crippen LogP contribution is -2.43. The highest BCUT2D eigenvalue weighted by molar-refractivity contribution is 5.87. The summed E-state index contributed by atoms with van der Waals surface area (Å²) >= 11 is 0. The molecule has 1 N–H and O–H groups in total. The minimum Gasteiger partial charge on any atom is -0.480 e. The van der Waals surface area contributed by atoms with Gasteiger partial charge in [-0.1, -0.05) is 12.1 Å². The summed E-state index contributed by atoms with van der Waals surface area (Å²) in [6.45, 7) is 4.81. The maximum atomic E-state index is 13.8. The quantitative estimate of drug-likeness (QED) is 0.880. The Morgan fingerprint density at radius 3 is 2.59 bits per heavy atom. The van der Waals surface area contributed by atoms with Crippen molar-refractivity contribution in [2.24, 2.45) is 11.3 Å². The van der Waals surface area contributed by atoms with E-state index >= 15 is 0 Å². The smallest absolute Gasteiger partial charge is 0.326 e. The summed E-state index contributed by atoms with van der Waals surface area (Å²) < 4.78 is 13.8. The third kappa shape index (κ3) is 3.59. The second-order valence-corrected chi connectivity index (χ2v) is 8.60. The summed E-state index contributed by atoms with van der Waals surface area (Å²) in [5.41, 5.74) is 1.62. The van der Waals surface area contributed by atoms with Gasteiger partial charge in [0, 0.05) is 19.0 Å². The van der Waals surface area contributed by atoms with Crippen molar-refractivity contribution in [1.82, 2.24) is 9.80 Å². The van der Waals surface area contributed by atoms with Crippen molar-refractivity contribution in [2.75, 3.05) is 19.6 Å². The first-order valence-corrected chi connectivity index (χ1v) is 9.88. The highest BCUT2D eigenvalue weighted by Crippen LogP contribution is 2.45. The zero-order chi connectivity index (χ0) is 19.2. The Hall–Kier alpha value is -1.95. The van der Waals surface area contributed by atoms with Crippen LogP contribution in [0.15, 0.2) is 18.2 Å². The van der Waals surface area contributed by atoms with Crippen LogP contribution in [-0.2, 0) is 16.1 Å². The van der Waals surface area contributed by atoms with Crippen LogP contribution in [0, 0.1) is 24.1 Å². The van der Waals surface area contributed by atoms with Crippen LogP contribution in [0.5, 0.6) is 0 Å². The topological polar surface area (TPSA) is 60.9 Å². The average molecular weight is 374 g/mol. The lowest BCUT2D eigenvalue weighted by atomic mass is 9.76. The maximum absolute atomic E-state index is 13.8. The van der Waals surface area contributed by atoms with E-state index < -0.39 is 12.0 Å². The number of carboxylic acids is 1. The highest BCUT2D eigenvalue weighted by atomic mass is 19.1. The second kappa shape index (κ2) is 6.89. The van der Waals surface area contributed by atoms with Crippen LogP contribution in [0.3, 0.4) is 0 Å². The molecule has 1 aliphatic carbocycles. The zero-order valence-corrected chi connectivity index (χ0v) is 15.8. The van der Waals surface area contributed by atoms with Gasteiger partial charge in [0.25, 0.3) is 0 Å². The molecule has 146 valence electrons. The summed E-state index contributed by atoms with van der Waals surface area (Å²) in [6, 6.07) is 4.53. The van der Waals surface area contributed by atoms with Crippen molar-refractivity contribution in [3.8, 4) is 0 Å². The summed E-state index contributed by atoms with van der Waals surface area (Å²) in [4.78, 5) is 28.2. The van der Waals surface area contributed by atoms with Gasteiger partial charge in [0.15, 0.2) is 0 Å². The number of hydrogen-bond acceptors (Lipinski definition) is 3. The molecule has 2 aliphatic heterocycles. The van der Waals surface area contributed by atoms with Crippen molar-refractivity contribution in [2.45, 2.75) is 51.6 Å². The second-order valence-electron chi connectivity index (χ2n) is 8.60. The lowest BCUT2D eigenvalue weighted by Gasteiger charge is -2.39.